The van der Waals surface area contributed by atoms with Crippen LogP contribution in [-0.4, -0.2) is 44.3 Å². The molecule has 0 aromatic carbocycles. The molecule has 0 saturated carbocycles. The molecule has 0 spiro atoms. The number of thiophene rings is 1. The van der Waals surface area contributed by atoms with Crippen molar-refractivity contribution in [2.24, 2.45) is 0 Å². The molecule has 0 fully saturated rings. The van der Waals surface area contributed by atoms with Crippen molar-refractivity contribution in [3.8, 4) is 0 Å². The summed E-state index contributed by atoms with van der Waals surface area (Å²) >= 11 is 4.81. The molecule has 1 aliphatic heterocycles. The number of pyridine rings is 1. The van der Waals surface area contributed by atoms with Gasteiger partial charge in [0.2, 0.25) is 0 Å². The first kappa shape index (κ1) is 20.3. The predicted molar refractivity (Wildman–Crippen MR) is 119 cm³/mol. The third kappa shape index (κ3) is 3.54. The first-order chi connectivity index (χ1) is 13.3. The van der Waals surface area contributed by atoms with E-state index in [1.54, 1.807) is 34.9 Å². The van der Waals surface area contributed by atoms with E-state index in [2.05, 4.69) is 27.7 Å². The van der Waals surface area contributed by atoms with E-state index < -0.39 is 0 Å². The molecule has 3 aromatic rings. The summed E-state index contributed by atoms with van der Waals surface area (Å²) < 4.78 is 7.21. The lowest BCUT2D eigenvalue weighted by atomic mass is 9.87. The zero-order valence-electron chi connectivity index (χ0n) is 16.8. The van der Waals surface area contributed by atoms with Crippen LogP contribution in [0.4, 0.5) is 0 Å². The number of hydrogen-bond donors (Lipinski definition) is 1. The maximum Gasteiger partial charge on any atom is 0.189 e. The monoisotopic (exact) mass is 435 g/mol. The number of hydrogen-bond acceptors (Lipinski definition) is 8. The van der Waals surface area contributed by atoms with E-state index in [0.717, 1.165) is 37.3 Å². The summed E-state index contributed by atoms with van der Waals surface area (Å²) in [5.41, 5.74) is 4.49. The Balaban J connectivity index is 2.07. The Morgan fingerprint density at radius 1 is 1.21 bits per heavy atom. The molecule has 5 nitrogen and oxygen atoms in total. The van der Waals surface area contributed by atoms with Gasteiger partial charge in [-0.2, -0.15) is 0 Å². The molecule has 4 rings (SSSR count). The van der Waals surface area contributed by atoms with Gasteiger partial charge in [0.25, 0.3) is 0 Å². The first-order valence-electron chi connectivity index (χ1n) is 9.42. The van der Waals surface area contributed by atoms with Crippen LogP contribution in [0.1, 0.15) is 50.4 Å². The normalized spacial score (nSPS) is 16.2. The lowest BCUT2D eigenvalue weighted by Crippen LogP contribution is -2.32. The van der Waals surface area contributed by atoms with Crippen LogP contribution in [0.15, 0.2) is 10.2 Å². The van der Waals surface area contributed by atoms with Crippen molar-refractivity contribution < 1.29 is 9.84 Å². The van der Waals surface area contributed by atoms with Gasteiger partial charge < -0.3 is 9.84 Å². The Kier molecular flexibility index (Phi) is 5.61. The van der Waals surface area contributed by atoms with E-state index >= 15 is 0 Å². The summed E-state index contributed by atoms with van der Waals surface area (Å²) in [7, 11) is 0. The van der Waals surface area contributed by atoms with Gasteiger partial charge in [-0.05, 0) is 31.6 Å². The van der Waals surface area contributed by atoms with Gasteiger partial charge >= 0.3 is 0 Å². The standard InChI is InChI=1S/C20H25N3O2S3/c1-10(2)14-12-9-25-20(3,4)8-11(12)13-15-16(28-17(13)21-14)18(27-7-6-24)23-19(22-15)26-5/h10,24H,6-9H2,1-5H3. The summed E-state index contributed by atoms with van der Waals surface area (Å²) in [6.45, 7) is 9.41. The second-order valence-electron chi connectivity index (χ2n) is 7.88. The van der Waals surface area contributed by atoms with Gasteiger partial charge in [-0.3, -0.25) is 0 Å². The molecule has 1 aliphatic rings. The van der Waals surface area contributed by atoms with E-state index in [1.165, 1.54) is 16.5 Å². The molecule has 0 saturated heterocycles. The Morgan fingerprint density at radius 3 is 2.68 bits per heavy atom. The maximum absolute atomic E-state index is 9.29. The zero-order chi connectivity index (χ0) is 20.1. The molecule has 1 N–H and O–H groups in total. The molecule has 0 atom stereocenters. The van der Waals surface area contributed by atoms with Gasteiger partial charge in [0.15, 0.2) is 5.16 Å². The van der Waals surface area contributed by atoms with Gasteiger partial charge in [0.1, 0.15) is 9.86 Å². The number of rotatable bonds is 5. The largest absolute Gasteiger partial charge is 0.396 e. The third-order valence-corrected chi connectivity index (χ3v) is 7.64. The molecular weight excluding hydrogens is 410 g/mol. The van der Waals surface area contributed by atoms with Crippen molar-refractivity contribution in [3.63, 3.8) is 0 Å². The second kappa shape index (κ2) is 7.72. The van der Waals surface area contributed by atoms with Gasteiger partial charge in [0.05, 0.1) is 34.7 Å². The summed E-state index contributed by atoms with van der Waals surface area (Å²) in [5, 5.41) is 12.2. The summed E-state index contributed by atoms with van der Waals surface area (Å²) in [6.07, 6.45) is 2.85. The highest BCUT2D eigenvalue weighted by atomic mass is 32.2. The lowest BCUT2D eigenvalue weighted by molar-refractivity contribution is -0.0402. The Hall–Kier alpha value is -0.930. The molecule has 0 aliphatic carbocycles. The summed E-state index contributed by atoms with van der Waals surface area (Å²) in [4.78, 5) is 15.7. The van der Waals surface area contributed by atoms with Crippen LogP contribution in [0.3, 0.4) is 0 Å². The predicted octanol–water partition coefficient (Wildman–Crippen LogP) is 5.02. The molecule has 4 heterocycles. The van der Waals surface area contributed by atoms with Crippen molar-refractivity contribution in [1.29, 1.82) is 0 Å². The average Bonchev–Trinajstić information content (AvgIpc) is 3.03. The number of ether oxygens (including phenoxy) is 1. The fourth-order valence-electron chi connectivity index (χ4n) is 3.66. The van der Waals surface area contributed by atoms with Crippen LogP contribution in [-0.2, 0) is 17.8 Å². The van der Waals surface area contributed by atoms with E-state index in [9.17, 15) is 5.11 Å². The minimum absolute atomic E-state index is 0.131. The topological polar surface area (TPSA) is 68.1 Å². The fraction of sp³-hybridized carbons (Fsp3) is 0.550. The minimum atomic E-state index is -0.201. The van der Waals surface area contributed by atoms with Crippen LogP contribution >= 0.6 is 34.9 Å². The SMILES string of the molecule is CSc1nc(SCCO)c2sc3nc(C(C)C)c4c(c3c2n1)CC(C)(C)OC4. The smallest absolute Gasteiger partial charge is 0.189 e. The molecule has 28 heavy (non-hydrogen) atoms. The number of fused-ring (bicyclic) bond motifs is 5. The number of aromatic nitrogens is 3. The van der Waals surface area contributed by atoms with Crippen molar-refractivity contribution >= 4 is 55.3 Å². The molecule has 8 heteroatoms. The molecule has 0 amide bonds. The molecule has 0 bridgehead atoms. The minimum Gasteiger partial charge on any atom is -0.396 e. The van der Waals surface area contributed by atoms with Crippen LogP contribution in [0.25, 0.3) is 20.4 Å². The quantitative estimate of drug-likeness (QED) is 0.343. The molecular formula is C20H25N3O2S3. The summed E-state index contributed by atoms with van der Waals surface area (Å²) in [6, 6.07) is 0. The van der Waals surface area contributed by atoms with Crippen molar-refractivity contribution in [2.75, 3.05) is 18.6 Å². The Bertz CT molecular complexity index is 1050. The Morgan fingerprint density at radius 2 is 2.00 bits per heavy atom. The van der Waals surface area contributed by atoms with Crippen molar-refractivity contribution in [2.45, 2.75) is 62.4 Å². The third-order valence-electron chi connectivity index (χ3n) is 4.93. The Labute approximate surface area is 177 Å². The molecule has 150 valence electrons. The van der Waals surface area contributed by atoms with Crippen LogP contribution in [0, 0.1) is 0 Å². The van der Waals surface area contributed by atoms with Crippen molar-refractivity contribution in [1.82, 2.24) is 15.0 Å². The summed E-state index contributed by atoms with van der Waals surface area (Å²) in [5.74, 6) is 0.960. The van der Waals surface area contributed by atoms with E-state index in [0.29, 0.717) is 18.3 Å². The number of aliphatic hydroxyl groups is 1. The zero-order valence-corrected chi connectivity index (χ0v) is 19.3. The van der Waals surface area contributed by atoms with Gasteiger partial charge in [0, 0.05) is 23.1 Å². The number of thioether (sulfide) groups is 2. The highest BCUT2D eigenvalue weighted by Crippen LogP contribution is 2.44. The van der Waals surface area contributed by atoms with E-state index in [4.69, 9.17) is 19.7 Å². The molecule has 3 aromatic heterocycles. The molecule has 0 radical (unpaired) electrons. The van der Waals surface area contributed by atoms with Crippen molar-refractivity contribution in [3.05, 3.63) is 16.8 Å². The first-order valence-corrected chi connectivity index (χ1v) is 12.4. The number of aliphatic hydroxyl groups excluding tert-OH is 1. The number of nitrogens with zero attached hydrogens (tertiary/aromatic N) is 3. The van der Waals surface area contributed by atoms with E-state index in [-0.39, 0.29) is 12.2 Å². The van der Waals surface area contributed by atoms with Crippen LogP contribution in [0.5, 0.6) is 0 Å². The van der Waals surface area contributed by atoms with Gasteiger partial charge in [-0.25, -0.2) is 15.0 Å². The van der Waals surface area contributed by atoms with Crippen LogP contribution < -0.4 is 0 Å². The second-order valence-corrected chi connectivity index (χ2v) is 10.7. The fourth-order valence-corrected chi connectivity index (χ4v) is 6.09. The van der Waals surface area contributed by atoms with Gasteiger partial charge in [-0.15, -0.1) is 23.1 Å². The van der Waals surface area contributed by atoms with E-state index in [1.807, 2.05) is 6.26 Å². The van der Waals surface area contributed by atoms with Crippen LogP contribution in [0.2, 0.25) is 0 Å². The maximum atomic E-state index is 9.29. The highest BCUT2D eigenvalue weighted by Gasteiger charge is 2.32. The highest BCUT2D eigenvalue weighted by molar-refractivity contribution is 7.99. The lowest BCUT2D eigenvalue weighted by Gasteiger charge is -2.33. The molecule has 0 unspecified atom stereocenters. The van der Waals surface area contributed by atoms with Gasteiger partial charge in [-0.1, -0.05) is 25.6 Å². The average molecular weight is 436 g/mol.